The van der Waals surface area contributed by atoms with Crippen LogP contribution in [-0.4, -0.2) is 12.1 Å². The smallest absolute Gasteiger partial charge is 0.213 e. The minimum absolute atomic E-state index is 0.658. The van der Waals surface area contributed by atoms with Crippen LogP contribution in [0.1, 0.15) is 5.56 Å². The van der Waals surface area contributed by atoms with Gasteiger partial charge in [-0.15, -0.1) is 0 Å². The summed E-state index contributed by atoms with van der Waals surface area (Å²) in [7, 11) is 1.63. The van der Waals surface area contributed by atoms with Crippen molar-refractivity contribution in [3.05, 3.63) is 35.9 Å². The maximum atomic E-state index is 5.10. The zero-order chi connectivity index (χ0) is 9.97. The molecule has 2 rings (SSSR count). The third-order valence-corrected chi connectivity index (χ3v) is 2.74. The van der Waals surface area contributed by atoms with E-state index in [1.54, 1.807) is 7.11 Å². The largest absolute Gasteiger partial charge is 0.481 e. The molecular formula is C11H10BrNO. The molecular weight excluding hydrogens is 242 g/mol. The number of aromatic nitrogens is 1. The van der Waals surface area contributed by atoms with Gasteiger partial charge in [-0.05, 0) is 11.6 Å². The van der Waals surface area contributed by atoms with Gasteiger partial charge in [0.15, 0.2) is 0 Å². The molecule has 2 aromatic rings. The van der Waals surface area contributed by atoms with Crippen LogP contribution in [0.2, 0.25) is 0 Å². The first kappa shape index (κ1) is 9.46. The van der Waals surface area contributed by atoms with Gasteiger partial charge in [-0.2, -0.15) is 0 Å². The molecule has 72 valence electrons. The van der Waals surface area contributed by atoms with Crippen LogP contribution in [-0.2, 0) is 5.33 Å². The second-order valence-corrected chi connectivity index (χ2v) is 3.54. The average molecular weight is 252 g/mol. The molecule has 14 heavy (non-hydrogen) atoms. The molecule has 0 radical (unpaired) electrons. The molecule has 0 aliphatic heterocycles. The third-order valence-electron chi connectivity index (χ3n) is 2.13. The molecule has 1 aromatic carbocycles. The fraction of sp³-hybridized carbons (Fsp3) is 0.182. The van der Waals surface area contributed by atoms with Crippen LogP contribution < -0.4 is 4.74 Å². The minimum Gasteiger partial charge on any atom is -0.481 e. The summed E-state index contributed by atoms with van der Waals surface area (Å²) in [6.07, 6.45) is 0. The van der Waals surface area contributed by atoms with Crippen molar-refractivity contribution in [3.63, 3.8) is 0 Å². The number of alkyl halides is 1. The lowest BCUT2D eigenvalue weighted by atomic mass is 10.1. The normalized spacial score (nSPS) is 10.4. The van der Waals surface area contributed by atoms with Gasteiger partial charge in [0.2, 0.25) is 5.88 Å². The summed E-state index contributed by atoms with van der Waals surface area (Å²) in [5.41, 5.74) is 2.19. The van der Waals surface area contributed by atoms with E-state index in [1.165, 1.54) is 5.56 Å². The number of nitrogens with zero attached hydrogens (tertiary/aromatic N) is 1. The van der Waals surface area contributed by atoms with Crippen molar-refractivity contribution in [1.82, 2.24) is 4.98 Å². The van der Waals surface area contributed by atoms with Crippen molar-refractivity contribution >= 4 is 26.8 Å². The van der Waals surface area contributed by atoms with E-state index in [1.807, 2.05) is 24.3 Å². The summed E-state index contributed by atoms with van der Waals surface area (Å²) in [6.45, 7) is 0. The molecule has 0 fully saturated rings. The van der Waals surface area contributed by atoms with E-state index in [0.717, 1.165) is 16.2 Å². The van der Waals surface area contributed by atoms with Gasteiger partial charge >= 0.3 is 0 Å². The van der Waals surface area contributed by atoms with Crippen molar-refractivity contribution in [2.24, 2.45) is 0 Å². The molecule has 0 unspecified atom stereocenters. The standard InChI is InChI=1S/C11H10BrNO/c1-14-10-6-5-8-3-2-4-9(7-12)11(8)13-10/h2-6H,7H2,1H3. The SMILES string of the molecule is COc1ccc2cccc(CBr)c2n1. The Morgan fingerprint density at radius 3 is 2.86 bits per heavy atom. The maximum Gasteiger partial charge on any atom is 0.213 e. The number of hydrogen-bond donors (Lipinski definition) is 0. The average Bonchev–Trinajstić information content (AvgIpc) is 2.27. The predicted molar refractivity (Wildman–Crippen MR) is 60.9 cm³/mol. The van der Waals surface area contributed by atoms with E-state index >= 15 is 0 Å². The molecule has 0 aliphatic rings. The molecule has 0 N–H and O–H groups in total. The monoisotopic (exact) mass is 251 g/mol. The summed E-state index contributed by atoms with van der Waals surface area (Å²) in [5, 5.41) is 1.95. The summed E-state index contributed by atoms with van der Waals surface area (Å²) in [6, 6.07) is 10.0. The van der Waals surface area contributed by atoms with Crippen molar-refractivity contribution in [1.29, 1.82) is 0 Å². The molecule has 0 saturated carbocycles. The molecule has 1 heterocycles. The number of methoxy groups -OCH3 is 1. The lowest BCUT2D eigenvalue weighted by Crippen LogP contribution is -1.90. The molecule has 2 nitrogen and oxygen atoms in total. The first-order valence-corrected chi connectivity index (χ1v) is 5.46. The Labute approximate surface area is 91.0 Å². The zero-order valence-electron chi connectivity index (χ0n) is 7.83. The molecule has 0 spiro atoms. The van der Waals surface area contributed by atoms with Crippen molar-refractivity contribution in [3.8, 4) is 5.88 Å². The number of benzene rings is 1. The summed E-state index contributed by atoms with van der Waals surface area (Å²) in [5.74, 6) is 0.658. The zero-order valence-corrected chi connectivity index (χ0v) is 9.41. The number of para-hydroxylation sites is 1. The third kappa shape index (κ3) is 1.60. The van der Waals surface area contributed by atoms with Crippen molar-refractivity contribution in [2.75, 3.05) is 7.11 Å². The van der Waals surface area contributed by atoms with Gasteiger partial charge in [-0.25, -0.2) is 4.98 Å². The maximum absolute atomic E-state index is 5.10. The number of ether oxygens (including phenoxy) is 1. The Balaban J connectivity index is 2.70. The number of fused-ring (bicyclic) bond motifs is 1. The Morgan fingerprint density at radius 2 is 2.14 bits per heavy atom. The van der Waals surface area contributed by atoms with Gasteiger partial charge in [-0.3, -0.25) is 0 Å². The Bertz CT molecular complexity index is 456. The molecule has 0 aliphatic carbocycles. The molecule has 0 amide bonds. The van der Waals surface area contributed by atoms with Gasteiger partial charge < -0.3 is 4.74 Å². The molecule has 0 bridgehead atoms. The van der Waals surface area contributed by atoms with Gasteiger partial charge in [0, 0.05) is 16.8 Å². The van der Waals surface area contributed by atoms with Gasteiger partial charge in [0.25, 0.3) is 0 Å². The second-order valence-electron chi connectivity index (χ2n) is 2.98. The van der Waals surface area contributed by atoms with Gasteiger partial charge in [0.1, 0.15) is 0 Å². The van der Waals surface area contributed by atoms with Crippen LogP contribution in [0, 0.1) is 0 Å². The molecule has 0 saturated heterocycles. The molecule has 3 heteroatoms. The van der Waals surface area contributed by atoms with Gasteiger partial charge in [-0.1, -0.05) is 34.1 Å². The van der Waals surface area contributed by atoms with Crippen LogP contribution in [0.5, 0.6) is 5.88 Å². The van der Waals surface area contributed by atoms with E-state index in [0.29, 0.717) is 5.88 Å². The fourth-order valence-corrected chi connectivity index (χ4v) is 1.86. The summed E-state index contributed by atoms with van der Waals surface area (Å²) in [4.78, 5) is 4.41. The highest BCUT2D eigenvalue weighted by molar-refractivity contribution is 9.08. The molecule has 0 atom stereocenters. The van der Waals surface area contributed by atoms with E-state index in [2.05, 4.69) is 27.0 Å². The highest BCUT2D eigenvalue weighted by atomic mass is 79.9. The van der Waals surface area contributed by atoms with Crippen molar-refractivity contribution in [2.45, 2.75) is 5.33 Å². The Hall–Kier alpha value is -1.09. The number of hydrogen-bond acceptors (Lipinski definition) is 2. The summed E-state index contributed by atoms with van der Waals surface area (Å²) < 4.78 is 5.10. The van der Waals surface area contributed by atoms with E-state index in [-0.39, 0.29) is 0 Å². The van der Waals surface area contributed by atoms with Crippen molar-refractivity contribution < 1.29 is 4.74 Å². The van der Waals surface area contributed by atoms with Crippen LogP contribution in [0.4, 0.5) is 0 Å². The number of pyridine rings is 1. The second kappa shape index (κ2) is 3.96. The first-order valence-electron chi connectivity index (χ1n) is 4.34. The lowest BCUT2D eigenvalue weighted by molar-refractivity contribution is 0.399. The van der Waals surface area contributed by atoms with Gasteiger partial charge in [0.05, 0.1) is 12.6 Å². The highest BCUT2D eigenvalue weighted by Crippen LogP contribution is 2.21. The van der Waals surface area contributed by atoms with E-state index in [9.17, 15) is 0 Å². The number of rotatable bonds is 2. The minimum atomic E-state index is 0.658. The fourth-order valence-electron chi connectivity index (χ4n) is 1.41. The molecule has 1 aromatic heterocycles. The lowest BCUT2D eigenvalue weighted by Gasteiger charge is -2.04. The predicted octanol–water partition coefficient (Wildman–Crippen LogP) is 3.14. The van der Waals surface area contributed by atoms with Crippen LogP contribution in [0.15, 0.2) is 30.3 Å². The quantitative estimate of drug-likeness (QED) is 0.766. The van der Waals surface area contributed by atoms with E-state index < -0.39 is 0 Å². The number of halogens is 1. The Morgan fingerprint density at radius 1 is 1.29 bits per heavy atom. The van der Waals surface area contributed by atoms with E-state index in [4.69, 9.17) is 4.74 Å². The highest BCUT2D eigenvalue weighted by Gasteiger charge is 2.02. The first-order chi connectivity index (χ1) is 6.85. The summed E-state index contributed by atoms with van der Waals surface area (Å²) >= 11 is 3.44. The topological polar surface area (TPSA) is 22.1 Å². The van der Waals surface area contributed by atoms with Crippen LogP contribution >= 0.6 is 15.9 Å². The Kier molecular flexibility index (Phi) is 2.68. The van der Waals surface area contributed by atoms with Crippen LogP contribution in [0.25, 0.3) is 10.9 Å². The van der Waals surface area contributed by atoms with Crippen LogP contribution in [0.3, 0.4) is 0 Å².